The quantitative estimate of drug-likeness (QED) is 0.652. The normalized spacial score (nSPS) is 14.3. The topological polar surface area (TPSA) is 97.4 Å². The zero-order valence-corrected chi connectivity index (χ0v) is 16.3. The average molecular weight is 403 g/mol. The fourth-order valence-electron chi connectivity index (χ4n) is 3.53. The lowest BCUT2D eigenvalue weighted by Crippen LogP contribution is -2.38. The Kier molecular flexibility index (Phi) is 5.81. The summed E-state index contributed by atoms with van der Waals surface area (Å²) >= 11 is 0. The summed E-state index contributed by atoms with van der Waals surface area (Å²) in [7, 11) is 0. The van der Waals surface area contributed by atoms with Gasteiger partial charge in [0.25, 0.3) is 11.8 Å². The molecule has 0 bridgehead atoms. The fourth-order valence-corrected chi connectivity index (χ4v) is 3.53. The van der Waals surface area contributed by atoms with E-state index in [0.29, 0.717) is 31.6 Å². The van der Waals surface area contributed by atoms with Crippen molar-refractivity contribution in [3.05, 3.63) is 72.1 Å². The molecule has 2 N–H and O–H groups in total. The SMILES string of the molecule is O=C(NC(=O)C1CCOCC1)c1ncccc1NC(=O)c1cccc2ccccc12. The molecule has 7 nitrogen and oxygen atoms in total. The summed E-state index contributed by atoms with van der Waals surface area (Å²) in [5, 5.41) is 6.91. The van der Waals surface area contributed by atoms with Gasteiger partial charge in [-0.25, -0.2) is 4.98 Å². The molecule has 0 spiro atoms. The molecular formula is C23H21N3O4. The van der Waals surface area contributed by atoms with Crippen LogP contribution in [0.2, 0.25) is 0 Å². The van der Waals surface area contributed by atoms with E-state index in [1.165, 1.54) is 6.20 Å². The van der Waals surface area contributed by atoms with Gasteiger partial charge in [0, 0.05) is 30.9 Å². The van der Waals surface area contributed by atoms with E-state index in [-0.39, 0.29) is 29.1 Å². The number of carbonyl (C=O) groups excluding carboxylic acids is 3. The number of hydrogen-bond acceptors (Lipinski definition) is 5. The second kappa shape index (κ2) is 8.84. The van der Waals surface area contributed by atoms with Crippen LogP contribution < -0.4 is 10.6 Å². The lowest BCUT2D eigenvalue weighted by molar-refractivity contribution is -0.126. The first-order valence-corrected chi connectivity index (χ1v) is 9.80. The Labute approximate surface area is 173 Å². The molecule has 3 amide bonds. The molecule has 0 atom stereocenters. The van der Waals surface area contributed by atoms with Crippen molar-refractivity contribution in [1.29, 1.82) is 0 Å². The molecule has 7 heteroatoms. The number of nitrogens with zero attached hydrogens (tertiary/aromatic N) is 1. The third-order valence-electron chi connectivity index (χ3n) is 5.13. The number of benzene rings is 2. The van der Waals surface area contributed by atoms with Crippen LogP contribution in [0.4, 0.5) is 5.69 Å². The number of pyridine rings is 1. The second-order valence-corrected chi connectivity index (χ2v) is 7.09. The van der Waals surface area contributed by atoms with Crippen LogP contribution >= 0.6 is 0 Å². The third kappa shape index (κ3) is 4.21. The standard InChI is InChI=1S/C23H21N3O4/c27-21(16-10-13-30-14-11-16)26-23(29)20-19(9-4-12-24-20)25-22(28)18-8-3-6-15-5-1-2-7-17(15)18/h1-9,12,16H,10-11,13-14H2,(H,25,28)(H,26,27,29). The molecule has 0 unspecified atom stereocenters. The minimum absolute atomic E-state index is 0.00787. The van der Waals surface area contributed by atoms with E-state index in [1.807, 2.05) is 30.3 Å². The van der Waals surface area contributed by atoms with Gasteiger partial charge in [0.2, 0.25) is 5.91 Å². The number of aromatic nitrogens is 1. The first-order valence-electron chi connectivity index (χ1n) is 9.80. The Hall–Kier alpha value is -3.58. The summed E-state index contributed by atoms with van der Waals surface area (Å²) in [6.07, 6.45) is 2.60. The van der Waals surface area contributed by atoms with Gasteiger partial charge in [0.1, 0.15) is 0 Å². The molecule has 152 valence electrons. The molecule has 2 heterocycles. The van der Waals surface area contributed by atoms with Crippen molar-refractivity contribution in [2.24, 2.45) is 5.92 Å². The van der Waals surface area contributed by atoms with Crippen LogP contribution in [0, 0.1) is 5.92 Å². The molecule has 0 saturated carbocycles. The number of fused-ring (bicyclic) bond motifs is 1. The maximum absolute atomic E-state index is 12.9. The summed E-state index contributed by atoms with van der Waals surface area (Å²) in [6, 6.07) is 16.2. The van der Waals surface area contributed by atoms with Crippen molar-refractivity contribution >= 4 is 34.2 Å². The van der Waals surface area contributed by atoms with Gasteiger partial charge in [-0.3, -0.25) is 19.7 Å². The number of rotatable bonds is 4. The van der Waals surface area contributed by atoms with E-state index in [1.54, 1.807) is 24.3 Å². The minimum Gasteiger partial charge on any atom is -0.381 e. The lowest BCUT2D eigenvalue weighted by atomic mass is 9.99. The van der Waals surface area contributed by atoms with Crippen molar-refractivity contribution in [1.82, 2.24) is 10.3 Å². The Morgan fingerprint density at radius 3 is 2.50 bits per heavy atom. The Morgan fingerprint density at radius 1 is 0.900 bits per heavy atom. The summed E-state index contributed by atoms with van der Waals surface area (Å²) in [6.45, 7) is 1.00. The number of hydrogen-bond donors (Lipinski definition) is 2. The van der Waals surface area contributed by atoms with Crippen molar-refractivity contribution in [3.63, 3.8) is 0 Å². The van der Waals surface area contributed by atoms with Gasteiger partial charge < -0.3 is 10.1 Å². The predicted octanol–water partition coefficient (Wildman–Crippen LogP) is 3.17. The highest BCUT2D eigenvalue weighted by Gasteiger charge is 2.25. The Balaban J connectivity index is 1.53. The van der Waals surface area contributed by atoms with E-state index in [0.717, 1.165) is 10.8 Å². The minimum atomic E-state index is -0.639. The second-order valence-electron chi connectivity index (χ2n) is 7.09. The summed E-state index contributed by atoms with van der Waals surface area (Å²) in [5.41, 5.74) is 0.723. The van der Waals surface area contributed by atoms with Crippen LogP contribution in [0.3, 0.4) is 0 Å². The maximum Gasteiger partial charge on any atom is 0.278 e. The predicted molar refractivity (Wildman–Crippen MR) is 112 cm³/mol. The van der Waals surface area contributed by atoms with Crippen molar-refractivity contribution in [2.45, 2.75) is 12.8 Å². The molecule has 2 aromatic carbocycles. The van der Waals surface area contributed by atoms with Gasteiger partial charge in [-0.1, -0.05) is 36.4 Å². The van der Waals surface area contributed by atoms with Crippen LogP contribution in [0.1, 0.15) is 33.7 Å². The van der Waals surface area contributed by atoms with Gasteiger partial charge in [-0.15, -0.1) is 0 Å². The molecular weight excluding hydrogens is 382 g/mol. The highest BCUT2D eigenvalue weighted by molar-refractivity contribution is 6.15. The van der Waals surface area contributed by atoms with Crippen molar-refractivity contribution in [2.75, 3.05) is 18.5 Å². The van der Waals surface area contributed by atoms with E-state index < -0.39 is 5.91 Å². The van der Waals surface area contributed by atoms with Gasteiger partial charge >= 0.3 is 0 Å². The van der Waals surface area contributed by atoms with Crippen molar-refractivity contribution < 1.29 is 19.1 Å². The highest BCUT2D eigenvalue weighted by Crippen LogP contribution is 2.21. The maximum atomic E-state index is 12.9. The van der Waals surface area contributed by atoms with E-state index in [9.17, 15) is 14.4 Å². The average Bonchev–Trinajstić information content (AvgIpc) is 2.79. The number of nitrogens with one attached hydrogen (secondary N) is 2. The molecule has 1 aliphatic heterocycles. The van der Waals surface area contributed by atoms with Crippen LogP contribution in [-0.4, -0.2) is 35.9 Å². The van der Waals surface area contributed by atoms with Crippen LogP contribution in [0.5, 0.6) is 0 Å². The van der Waals surface area contributed by atoms with E-state index in [4.69, 9.17) is 4.74 Å². The number of anilines is 1. The molecule has 4 rings (SSSR count). The third-order valence-corrected chi connectivity index (χ3v) is 5.13. The highest BCUT2D eigenvalue weighted by atomic mass is 16.5. The first kappa shape index (κ1) is 19.7. The smallest absolute Gasteiger partial charge is 0.278 e. The largest absolute Gasteiger partial charge is 0.381 e. The first-order chi connectivity index (χ1) is 14.6. The zero-order valence-electron chi connectivity index (χ0n) is 16.3. The number of amides is 3. The van der Waals surface area contributed by atoms with Gasteiger partial charge in [-0.05, 0) is 41.8 Å². The van der Waals surface area contributed by atoms with Gasteiger partial charge in [0.15, 0.2) is 5.69 Å². The molecule has 1 fully saturated rings. The number of imide groups is 1. The fraction of sp³-hybridized carbons (Fsp3) is 0.217. The summed E-state index contributed by atoms with van der Waals surface area (Å²) in [5.74, 6) is -1.61. The van der Waals surface area contributed by atoms with Crippen LogP contribution in [0.25, 0.3) is 10.8 Å². The van der Waals surface area contributed by atoms with Crippen LogP contribution in [-0.2, 0) is 9.53 Å². The van der Waals surface area contributed by atoms with Crippen LogP contribution in [0.15, 0.2) is 60.8 Å². The summed E-state index contributed by atoms with van der Waals surface area (Å²) in [4.78, 5) is 42.1. The van der Waals surface area contributed by atoms with Crippen molar-refractivity contribution in [3.8, 4) is 0 Å². The van der Waals surface area contributed by atoms with Gasteiger partial charge in [0.05, 0.1) is 5.69 Å². The van der Waals surface area contributed by atoms with E-state index >= 15 is 0 Å². The number of carbonyl (C=O) groups is 3. The van der Waals surface area contributed by atoms with Gasteiger partial charge in [-0.2, -0.15) is 0 Å². The Morgan fingerprint density at radius 2 is 1.67 bits per heavy atom. The lowest BCUT2D eigenvalue weighted by Gasteiger charge is -2.20. The molecule has 30 heavy (non-hydrogen) atoms. The molecule has 0 radical (unpaired) electrons. The number of ether oxygens (including phenoxy) is 1. The Bertz CT molecular complexity index is 1100. The molecule has 1 saturated heterocycles. The summed E-state index contributed by atoms with van der Waals surface area (Å²) < 4.78 is 5.25. The molecule has 1 aromatic heterocycles. The molecule has 0 aliphatic carbocycles. The van der Waals surface area contributed by atoms with E-state index in [2.05, 4.69) is 15.6 Å². The monoisotopic (exact) mass is 403 g/mol. The molecule has 1 aliphatic rings. The zero-order chi connectivity index (χ0) is 20.9. The molecule has 3 aromatic rings.